The van der Waals surface area contributed by atoms with E-state index in [0.29, 0.717) is 5.92 Å². The summed E-state index contributed by atoms with van der Waals surface area (Å²) >= 11 is 0. The van der Waals surface area contributed by atoms with Crippen LogP contribution in [0.25, 0.3) is 0 Å². The lowest BCUT2D eigenvalue weighted by molar-refractivity contribution is 0.531. The van der Waals surface area contributed by atoms with Crippen molar-refractivity contribution in [1.82, 2.24) is 0 Å². The fraction of sp³-hybridized carbons (Fsp3) is 0.700. The largest absolute Gasteiger partial charge is 0.315 e. The molecule has 0 fully saturated rings. The Bertz CT molecular complexity index is 143. The Morgan fingerprint density at radius 1 is 1.58 bits per heavy atom. The van der Waals surface area contributed by atoms with Crippen LogP contribution >= 0.6 is 0 Å². The van der Waals surface area contributed by atoms with Gasteiger partial charge in [0.1, 0.15) is 0 Å². The van der Waals surface area contributed by atoms with Crippen molar-refractivity contribution in [1.29, 1.82) is 0 Å². The maximum absolute atomic E-state index is 10.2. The zero-order valence-electron chi connectivity index (χ0n) is 8.18. The van der Waals surface area contributed by atoms with Crippen LogP contribution in [0.5, 0.6) is 0 Å². The van der Waals surface area contributed by atoms with Gasteiger partial charge in [0.2, 0.25) is 7.28 Å². The number of unbranched alkanes of at least 4 members (excludes halogenated alkanes) is 1. The number of allylic oxidation sites excluding steroid dienone is 1. The fourth-order valence-electron chi connectivity index (χ4n) is 1.33. The van der Waals surface area contributed by atoms with Gasteiger partial charge in [-0.25, -0.2) is 0 Å². The van der Waals surface area contributed by atoms with Crippen LogP contribution in [-0.2, 0) is 4.79 Å². The molecule has 0 spiro atoms. The van der Waals surface area contributed by atoms with Crippen molar-refractivity contribution in [3.8, 4) is 0 Å². The monoisotopic (exact) mass is 165 g/mol. The molecule has 0 N–H and O–H groups in total. The molecule has 0 saturated heterocycles. The van der Waals surface area contributed by atoms with E-state index in [4.69, 9.17) is 0 Å². The molecule has 0 aliphatic heterocycles. The number of carbonyl (C=O) groups excluding carboxylic acids is 1. The summed E-state index contributed by atoms with van der Waals surface area (Å²) in [6.45, 7) is 8.20. The molecule has 0 aliphatic rings. The Hall–Kier alpha value is -0.525. The molecule has 1 atom stereocenters. The molecule has 1 nitrogen and oxygen atoms in total. The van der Waals surface area contributed by atoms with E-state index in [1.165, 1.54) is 12.8 Å². The summed E-state index contributed by atoms with van der Waals surface area (Å²) in [5.74, 6) is 0.509. The molecule has 0 aromatic heterocycles. The van der Waals surface area contributed by atoms with Crippen LogP contribution in [0.3, 0.4) is 0 Å². The van der Waals surface area contributed by atoms with E-state index in [1.54, 1.807) is 7.28 Å². The van der Waals surface area contributed by atoms with E-state index in [1.807, 2.05) is 0 Å². The van der Waals surface area contributed by atoms with Gasteiger partial charge in [0.05, 0.1) is 6.19 Å². The molecule has 0 amide bonds. The van der Waals surface area contributed by atoms with E-state index in [9.17, 15) is 4.79 Å². The second-order valence-corrected chi connectivity index (χ2v) is 3.13. The van der Waals surface area contributed by atoms with Crippen LogP contribution in [0, 0.1) is 5.92 Å². The van der Waals surface area contributed by atoms with Crippen molar-refractivity contribution in [3.63, 3.8) is 0 Å². The Labute approximate surface area is 76.5 Å². The molecule has 67 valence electrons. The standard InChI is InChI=1S/C10H18BO/c1-4-6-7-10(5-2)9(3)11-8-12/h8,10H,3-7H2,1-2H3. The summed E-state index contributed by atoms with van der Waals surface area (Å²) in [7, 11) is 1.59. The quantitative estimate of drug-likeness (QED) is 0.418. The Kier molecular flexibility index (Phi) is 6.83. The molecule has 0 bridgehead atoms. The highest BCUT2D eigenvalue weighted by Crippen LogP contribution is 2.18. The van der Waals surface area contributed by atoms with Gasteiger partial charge in [-0.15, -0.1) is 12.1 Å². The topological polar surface area (TPSA) is 17.1 Å². The highest BCUT2D eigenvalue weighted by molar-refractivity contribution is 6.73. The summed E-state index contributed by atoms with van der Waals surface area (Å²) in [4.78, 5) is 10.2. The van der Waals surface area contributed by atoms with Gasteiger partial charge in [-0.1, -0.05) is 33.1 Å². The SMILES string of the molecule is C=C([B]C=O)C(CC)CCCC. The van der Waals surface area contributed by atoms with Gasteiger partial charge in [-0.3, -0.25) is 0 Å². The summed E-state index contributed by atoms with van der Waals surface area (Å²) < 4.78 is 0. The lowest BCUT2D eigenvalue weighted by Crippen LogP contribution is -2.09. The predicted molar refractivity (Wildman–Crippen MR) is 55.0 cm³/mol. The average molecular weight is 165 g/mol. The van der Waals surface area contributed by atoms with E-state index < -0.39 is 0 Å². The van der Waals surface area contributed by atoms with Crippen molar-refractivity contribution in [3.05, 3.63) is 12.1 Å². The summed E-state index contributed by atoms with van der Waals surface area (Å²) in [5.41, 5.74) is 0.987. The highest BCUT2D eigenvalue weighted by atomic mass is 16.1. The molecular formula is C10H18BO. The molecule has 0 aromatic carbocycles. The lowest BCUT2D eigenvalue weighted by atomic mass is 9.65. The van der Waals surface area contributed by atoms with Gasteiger partial charge in [0.25, 0.3) is 0 Å². The van der Waals surface area contributed by atoms with E-state index in [-0.39, 0.29) is 0 Å². The fourth-order valence-corrected chi connectivity index (χ4v) is 1.33. The average Bonchev–Trinajstić information content (AvgIpc) is 2.06. The molecule has 12 heavy (non-hydrogen) atoms. The van der Waals surface area contributed by atoms with Gasteiger partial charge in [-0.2, -0.15) is 0 Å². The van der Waals surface area contributed by atoms with Crippen LogP contribution in [0.4, 0.5) is 0 Å². The van der Waals surface area contributed by atoms with Gasteiger partial charge >= 0.3 is 0 Å². The van der Waals surface area contributed by atoms with Gasteiger partial charge in [0.15, 0.2) is 0 Å². The van der Waals surface area contributed by atoms with Crippen LogP contribution in [-0.4, -0.2) is 13.5 Å². The zero-order chi connectivity index (χ0) is 9.40. The number of carbonyl (C=O) groups is 1. The van der Waals surface area contributed by atoms with Crippen molar-refractivity contribution in [2.75, 3.05) is 0 Å². The van der Waals surface area contributed by atoms with Crippen LogP contribution in [0.15, 0.2) is 12.1 Å². The third kappa shape index (κ3) is 4.37. The molecule has 0 heterocycles. The summed E-state index contributed by atoms with van der Waals surface area (Å²) in [6, 6.07) is 0. The second kappa shape index (κ2) is 7.14. The van der Waals surface area contributed by atoms with E-state index in [2.05, 4.69) is 20.4 Å². The first kappa shape index (κ1) is 11.5. The molecule has 0 saturated carbocycles. The van der Waals surface area contributed by atoms with Gasteiger partial charge in [0, 0.05) is 0 Å². The highest BCUT2D eigenvalue weighted by Gasteiger charge is 2.09. The maximum atomic E-state index is 10.2. The normalized spacial score (nSPS) is 12.2. The molecule has 0 rings (SSSR count). The van der Waals surface area contributed by atoms with Gasteiger partial charge < -0.3 is 4.79 Å². The van der Waals surface area contributed by atoms with Gasteiger partial charge in [-0.05, 0) is 12.3 Å². The van der Waals surface area contributed by atoms with Crippen molar-refractivity contribution in [2.24, 2.45) is 5.92 Å². The summed E-state index contributed by atoms with van der Waals surface area (Å²) in [6.07, 6.45) is 5.52. The zero-order valence-corrected chi connectivity index (χ0v) is 8.18. The Morgan fingerprint density at radius 2 is 2.25 bits per heavy atom. The predicted octanol–water partition coefficient (Wildman–Crippen LogP) is 2.61. The number of hydrogen-bond donors (Lipinski definition) is 0. The van der Waals surface area contributed by atoms with Crippen LogP contribution in [0.2, 0.25) is 0 Å². The molecule has 0 aromatic rings. The molecular weight excluding hydrogens is 147 g/mol. The minimum Gasteiger partial charge on any atom is -0.315 e. The van der Waals surface area contributed by atoms with Crippen molar-refractivity contribution < 1.29 is 4.79 Å². The lowest BCUT2D eigenvalue weighted by Gasteiger charge is -2.14. The maximum Gasteiger partial charge on any atom is 0.230 e. The van der Waals surface area contributed by atoms with Crippen molar-refractivity contribution >= 4 is 13.5 Å². The van der Waals surface area contributed by atoms with Crippen LogP contribution < -0.4 is 0 Å². The first-order valence-corrected chi connectivity index (χ1v) is 4.73. The molecule has 1 radical (unpaired) electrons. The first-order chi connectivity index (χ1) is 5.76. The smallest absolute Gasteiger partial charge is 0.230 e. The van der Waals surface area contributed by atoms with Crippen molar-refractivity contribution in [2.45, 2.75) is 39.5 Å². The van der Waals surface area contributed by atoms with Crippen LogP contribution in [0.1, 0.15) is 39.5 Å². The second-order valence-electron chi connectivity index (χ2n) is 3.13. The molecule has 0 aliphatic carbocycles. The number of hydrogen-bond acceptors (Lipinski definition) is 1. The Morgan fingerprint density at radius 3 is 2.67 bits per heavy atom. The van der Waals surface area contributed by atoms with E-state index >= 15 is 0 Å². The minimum absolute atomic E-state index is 0.509. The third-order valence-corrected chi connectivity index (χ3v) is 2.21. The number of rotatable bonds is 7. The summed E-state index contributed by atoms with van der Waals surface area (Å²) in [5, 5.41) is 0. The minimum atomic E-state index is 0.509. The van der Waals surface area contributed by atoms with E-state index in [0.717, 1.165) is 24.5 Å². The Balaban J connectivity index is 3.78. The first-order valence-electron chi connectivity index (χ1n) is 4.73. The molecule has 2 heteroatoms. The third-order valence-electron chi connectivity index (χ3n) is 2.21. The molecule has 1 unspecified atom stereocenters.